The van der Waals surface area contributed by atoms with E-state index >= 15 is 0 Å². The van der Waals surface area contributed by atoms with Crippen molar-refractivity contribution >= 4 is 17.4 Å². The maximum Gasteiger partial charge on any atom is 0.416 e. The van der Waals surface area contributed by atoms with Crippen LogP contribution in [-0.2, 0) is 6.18 Å². The summed E-state index contributed by atoms with van der Waals surface area (Å²) in [7, 11) is 0. The van der Waals surface area contributed by atoms with Gasteiger partial charge in [0, 0.05) is 18.1 Å². The molecule has 0 aliphatic rings. The van der Waals surface area contributed by atoms with Gasteiger partial charge in [-0.25, -0.2) is 9.78 Å². The number of hydrogen-bond acceptors (Lipinski definition) is 2. The van der Waals surface area contributed by atoms with E-state index in [1.165, 1.54) is 12.1 Å². The molecule has 2 aromatic carbocycles. The van der Waals surface area contributed by atoms with Crippen LogP contribution in [0.2, 0.25) is 0 Å². The zero-order valence-electron chi connectivity index (χ0n) is 12.8. The van der Waals surface area contributed by atoms with E-state index in [0.29, 0.717) is 11.4 Å². The molecule has 0 saturated heterocycles. The van der Waals surface area contributed by atoms with Gasteiger partial charge < -0.3 is 15.2 Å². The summed E-state index contributed by atoms with van der Waals surface area (Å²) in [6.07, 6.45) is 0.415. The van der Waals surface area contributed by atoms with Crippen molar-refractivity contribution in [2.45, 2.75) is 6.18 Å². The Morgan fingerprint density at radius 3 is 2.56 bits per heavy atom. The van der Waals surface area contributed by atoms with Gasteiger partial charge in [0.2, 0.25) is 0 Å². The molecular weight excluding hydrogens is 333 g/mol. The molecule has 0 spiro atoms. The average Bonchev–Trinajstić information content (AvgIpc) is 3.09. The molecule has 1 heterocycles. The zero-order chi connectivity index (χ0) is 17.9. The molecule has 0 aliphatic carbocycles. The van der Waals surface area contributed by atoms with Crippen molar-refractivity contribution in [1.82, 2.24) is 9.55 Å². The molecule has 1 aromatic heterocycles. The predicted molar refractivity (Wildman–Crippen MR) is 87.6 cm³/mol. The van der Waals surface area contributed by atoms with Crippen molar-refractivity contribution in [3.05, 3.63) is 72.8 Å². The van der Waals surface area contributed by atoms with Crippen LogP contribution in [0.4, 0.5) is 29.3 Å². The normalized spacial score (nSPS) is 11.2. The van der Waals surface area contributed by atoms with E-state index in [1.54, 1.807) is 47.6 Å². The van der Waals surface area contributed by atoms with E-state index in [-0.39, 0.29) is 5.69 Å². The van der Waals surface area contributed by atoms with Crippen LogP contribution in [0.25, 0.3) is 5.69 Å². The number of hydrogen-bond donors (Lipinski definition) is 2. The number of imidazole rings is 1. The van der Waals surface area contributed by atoms with E-state index in [9.17, 15) is 18.0 Å². The summed E-state index contributed by atoms with van der Waals surface area (Å²) >= 11 is 0. The molecule has 0 fully saturated rings. The summed E-state index contributed by atoms with van der Waals surface area (Å²) in [6.45, 7) is 0. The molecule has 0 aliphatic heterocycles. The van der Waals surface area contributed by atoms with Gasteiger partial charge in [-0.2, -0.15) is 13.2 Å². The molecule has 2 N–H and O–H groups in total. The summed E-state index contributed by atoms with van der Waals surface area (Å²) < 4.78 is 39.9. The second-order valence-corrected chi connectivity index (χ2v) is 5.14. The highest BCUT2D eigenvalue weighted by atomic mass is 19.4. The zero-order valence-corrected chi connectivity index (χ0v) is 12.8. The molecule has 8 heteroatoms. The SMILES string of the molecule is O=C(Nc1cccc(C(F)(F)F)c1)Nc1ccccc1-n1ccnc1. The molecule has 0 saturated carbocycles. The Labute approximate surface area is 141 Å². The van der Waals surface area contributed by atoms with Gasteiger partial charge in [-0.15, -0.1) is 0 Å². The molecule has 128 valence electrons. The molecule has 2 amide bonds. The van der Waals surface area contributed by atoms with Gasteiger partial charge in [0.1, 0.15) is 0 Å². The third-order valence-electron chi connectivity index (χ3n) is 3.38. The van der Waals surface area contributed by atoms with Crippen molar-refractivity contribution < 1.29 is 18.0 Å². The lowest BCUT2D eigenvalue weighted by molar-refractivity contribution is -0.137. The highest BCUT2D eigenvalue weighted by molar-refractivity contribution is 6.01. The lowest BCUT2D eigenvalue weighted by Crippen LogP contribution is -2.20. The second kappa shape index (κ2) is 6.68. The summed E-state index contributed by atoms with van der Waals surface area (Å²) in [5.74, 6) is 0. The maximum atomic E-state index is 12.7. The Morgan fingerprint density at radius 1 is 1.04 bits per heavy atom. The van der Waals surface area contributed by atoms with E-state index in [4.69, 9.17) is 0 Å². The number of para-hydroxylation sites is 2. The minimum absolute atomic E-state index is 0.0486. The number of nitrogens with zero attached hydrogens (tertiary/aromatic N) is 2. The third-order valence-corrected chi connectivity index (χ3v) is 3.38. The number of benzene rings is 2. The van der Waals surface area contributed by atoms with Gasteiger partial charge >= 0.3 is 12.2 Å². The number of carbonyl (C=O) groups excluding carboxylic acids is 1. The molecule has 25 heavy (non-hydrogen) atoms. The number of rotatable bonds is 3. The first-order valence-corrected chi connectivity index (χ1v) is 7.26. The molecular formula is C17H13F3N4O. The molecule has 3 aromatic rings. The monoisotopic (exact) mass is 346 g/mol. The quantitative estimate of drug-likeness (QED) is 0.732. The second-order valence-electron chi connectivity index (χ2n) is 5.14. The summed E-state index contributed by atoms with van der Waals surface area (Å²) in [5.41, 5.74) is 0.390. The van der Waals surface area contributed by atoms with Crippen molar-refractivity contribution in [2.75, 3.05) is 10.6 Å². The minimum atomic E-state index is -4.47. The summed E-state index contributed by atoms with van der Waals surface area (Å²) in [5, 5.41) is 5.03. The number of alkyl halides is 3. The van der Waals surface area contributed by atoms with E-state index < -0.39 is 17.8 Å². The van der Waals surface area contributed by atoms with Crippen LogP contribution >= 0.6 is 0 Å². The third kappa shape index (κ3) is 3.97. The number of carbonyl (C=O) groups is 1. The predicted octanol–water partition coefficient (Wildman–Crippen LogP) is 4.54. The van der Waals surface area contributed by atoms with E-state index in [1.807, 2.05) is 0 Å². The fourth-order valence-electron chi connectivity index (χ4n) is 2.26. The Hall–Kier alpha value is -3.29. The first-order chi connectivity index (χ1) is 11.9. The van der Waals surface area contributed by atoms with Gasteiger partial charge in [0.15, 0.2) is 0 Å². The van der Waals surface area contributed by atoms with E-state index in [2.05, 4.69) is 15.6 Å². The van der Waals surface area contributed by atoms with Crippen LogP contribution in [0.5, 0.6) is 0 Å². The number of halogens is 3. The van der Waals surface area contributed by atoms with Crippen LogP contribution < -0.4 is 10.6 Å². The first kappa shape index (κ1) is 16.6. The van der Waals surface area contributed by atoms with Crippen LogP contribution in [0.3, 0.4) is 0 Å². The lowest BCUT2D eigenvalue weighted by atomic mass is 10.2. The molecule has 0 unspecified atom stereocenters. The number of anilines is 2. The van der Waals surface area contributed by atoms with Crippen molar-refractivity contribution in [2.24, 2.45) is 0 Å². The Kier molecular flexibility index (Phi) is 4.42. The van der Waals surface area contributed by atoms with Crippen LogP contribution in [0.15, 0.2) is 67.3 Å². The standard InChI is InChI=1S/C17H13F3N4O/c18-17(19,20)12-4-3-5-13(10-12)22-16(25)23-14-6-1-2-7-15(14)24-9-8-21-11-24/h1-11H,(H2,22,23,25). The summed E-state index contributed by atoms with van der Waals surface area (Å²) in [6, 6.07) is 10.8. The van der Waals surface area contributed by atoms with Crippen molar-refractivity contribution in [3.8, 4) is 5.69 Å². The minimum Gasteiger partial charge on any atom is -0.308 e. The highest BCUT2D eigenvalue weighted by Crippen LogP contribution is 2.30. The first-order valence-electron chi connectivity index (χ1n) is 7.26. The van der Waals surface area contributed by atoms with Crippen LogP contribution in [-0.4, -0.2) is 15.6 Å². The van der Waals surface area contributed by atoms with Crippen molar-refractivity contribution in [3.63, 3.8) is 0 Å². The van der Waals surface area contributed by atoms with Gasteiger partial charge in [0.25, 0.3) is 0 Å². The van der Waals surface area contributed by atoms with Crippen molar-refractivity contribution in [1.29, 1.82) is 0 Å². The van der Waals surface area contributed by atoms with Crippen LogP contribution in [0, 0.1) is 0 Å². The largest absolute Gasteiger partial charge is 0.416 e. The fraction of sp³-hybridized carbons (Fsp3) is 0.0588. The molecule has 0 bridgehead atoms. The van der Waals surface area contributed by atoms with Gasteiger partial charge in [-0.3, -0.25) is 0 Å². The van der Waals surface area contributed by atoms with Gasteiger partial charge in [-0.1, -0.05) is 18.2 Å². The van der Waals surface area contributed by atoms with Crippen LogP contribution in [0.1, 0.15) is 5.56 Å². The molecule has 0 atom stereocenters. The lowest BCUT2D eigenvalue weighted by Gasteiger charge is -2.13. The van der Waals surface area contributed by atoms with Gasteiger partial charge in [-0.05, 0) is 30.3 Å². The highest BCUT2D eigenvalue weighted by Gasteiger charge is 2.30. The Balaban J connectivity index is 1.76. The fourth-order valence-corrected chi connectivity index (χ4v) is 2.26. The topological polar surface area (TPSA) is 59.0 Å². The Bertz CT molecular complexity index is 876. The number of nitrogens with one attached hydrogen (secondary N) is 2. The Morgan fingerprint density at radius 2 is 1.84 bits per heavy atom. The molecule has 5 nitrogen and oxygen atoms in total. The van der Waals surface area contributed by atoms with Gasteiger partial charge in [0.05, 0.1) is 23.3 Å². The summed E-state index contributed by atoms with van der Waals surface area (Å²) in [4.78, 5) is 16.1. The molecule has 3 rings (SSSR count). The smallest absolute Gasteiger partial charge is 0.308 e. The average molecular weight is 346 g/mol. The number of amides is 2. The molecule has 0 radical (unpaired) electrons. The van der Waals surface area contributed by atoms with E-state index in [0.717, 1.165) is 12.1 Å². The number of aromatic nitrogens is 2. The number of urea groups is 1. The maximum absolute atomic E-state index is 12.7.